The Morgan fingerprint density at radius 3 is 2.32 bits per heavy atom. The van der Waals surface area contributed by atoms with Crippen molar-refractivity contribution >= 4 is 55.6 Å². The predicted molar refractivity (Wildman–Crippen MR) is 220 cm³/mol. The highest BCUT2D eigenvalue weighted by atomic mass is 32.1. The maximum atomic E-state index is 13.2. The molecule has 9 rings (SSSR count). The number of piperidine rings is 1. The Morgan fingerprint density at radius 2 is 1.57 bits per heavy atom. The van der Waals surface area contributed by atoms with Crippen molar-refractivity contribution < 1.29 is 18.0 Å². The van der Waals surface area contributed by atoms with Crippen LogP contribution in [-0.2, 0) is 30.5 Å². The number of carbonyl (C=O) groups excluding carboxylic acids is 1. The third-order valence-electron chi connectivity index (χ3n) is 12.2. The molecule has 10 heteroatoms. The number of carbonyl (C=O) groups is 1. The normalized spacial score (nSPS) is 17.4. The van der Waals surface area contributed by atoms with Gasteiger partial charge in [0.2, 0.25) is 0 Å². The molecule has 2 aromatic heterocycles. The van der Waals surface area contributed by atoms with Gasteiger partial charge in [-0.15, -0.1) is 11.3 Å². The van der Waals surface area contributed by atoms with Gasteiger partial charge in [0.15, 0.2) is 5.69 Å². The first-order valence-corrected chi connectivity index (χ1v) is 20.5. The van der Waals surface area contributed by atoms with E-state index in [0.29, 0.717) is 25.3 Å². The van der Waals surface area contributed by atoms with Crippen molar-refractivity contribution in [3.05, 3.63) is 135 Å². The Kier molecular flexibility index (Phi) is 9.66. The third-order valence-corrected chi connectivity index (χ3v) is 13.2. The van der Waals surface area contributed by atoms with Gasteiger partial charge in [0.1, 0.15) is 6.29 Å². The lowest BCUT2D eigenvalue weighted by Gasteiger charge is -2.34. The number of aromatic nitrogens is 3. The van der Waals surface area contributed by atoms with Crippen LogP contribution in [0.1, 0.15) is 76.3 Å². The zero-order chi connectivity index (χ0) is 38.6. The van der Waals surface area contributed by atoms with Gasteiger partial charge in [-0.1, -0.05) is 84.9 Å². The minimum absolute atomic E-state index is 0.0974. The molecule has 1 aliphatic carbocycles. The standard InChI is InChI=1S/C46H44F3N5OS/c1-29-24-43(46(47,48)49)51-54(29)26-34(27-55)53-22-20-32(21-23-53)45-50-33(28-56-45)25-52(2)44-36-11-6-4-9-31(36)15-17-42(44)38-13-7-12-37-40-16-14-30-8-3-5-10-35(30)39(40)18-19-41(37)38/h3-6,8-11,14-19,24,27-28,32,34,38H,7,12-13,20-23,25-26H2,1-2H3/t34?,38-/m1/s1. The van der Waals surface area contributed by atoms with Gasteiger partial charge in [0, 0.05) is 41.0 Å². The maximum Gasteiger partial charge on any atom is 0.435 e. The second-order valence-corrected chi connectivity index (χ2v) is 16.5. The number of likely N-dealkylation sites (tertiary alicyclic amines) is 1. The van der Waals surface area contributed by atoms with Crippen LogP contribution >= 0.6 is 11.3 Å². The highest BCUT2D eigenvalue weighted by molar-refractivity contribution is 7.09. The van der Waals surface area contributed by atoms with Gasteiger partial charge in [-0.05, 0) is 102 Å². The van der Waals surface area contributed by atoms with E-state index in [2.05, 4.69) is 112 Å². The molecule has 0 N–H and O–H groups in total. The van der Waals surface area contributed by atoms with Crippen LogP contribution < -0.4 is 4.90 Å². The van der Waals surface area contributed by atoms with Crippen LogP contribution in [0.5, 0.6) is 0 Å². The van der Waals surface area contributed by atoms with E-state index in [4.69, 9.17) is 4.98 Å². The molecule has 1 unspecified atom stereocenters. The van der Waals surface area contributed by atoms with Crippen LogP contribution in [0, 0.1) is 6.92 Å². The summed E-state index contributed by atoms with van der Waals surface area (Å²) in [5, 5.41) is 14.8. The van der Waals surface area contributed by atoms with E-state index < -0.39 is 17.9 Å². The van der Waals surface area contributed by atoms with E-state index in [0.717, 1.165) is 55.2 Å². The summed E-state index contributed by atoms with van der Waals surface area (Å²) < 4.78 is 41.0. The molecule has 1 fully saturated rings. The molecule has 0 spiro atoms. The quantitative estimate of drug-likeness (QED) is 0.108. The van der Waals surface area contributed by atoms with Gasteiger partial charge < -0.3 is 9.69 Å². The van der Waals surface area contributed by atoms with E-state index in [9.17, 15) is 18.0 Å². The number of hydrogen-bond acceptors (Lipinski definition) is 6. The van der Waals surface area contributed by atoms with Crippen molar-refractivity contribution in [2.45, 2.75) is 76.2 Å². The summed E-state index contributed by atoms with van der Waals surface area (Å²) in [6.07, 6.45) is 1.31. The smallest absolute Gasteiger partial charge is 0.368 e. The first-order chi connectivity index (χ1) is 27.2. The van der Waals surface area contributed by atoms with Gasteiger partial charge in [-0.3, -0.25) is 9.58 Å². The molecule has 0 saturated carbocycles. The van der Waals surface area contributed by atoms with Crippen LogP contribution in [0.15, 0.2) is 96.4 Å². The summed E-state index contributed by atoms with van der Waals surface area (Å²) >= 11 is 1.70. The fraction of sp³-hybridized carbons (Fsp3) is 0.326. The Hall–Kier alpha value is -5.06. The van der Waals surface area contributed by atoms with E-state index in [1.807, 2.05) is 0 Å². The van der Waals surface area contributed by atoms with E-state index in [1.54, 1.807) is 18.3 Å². The van der Waals surface area contributed by atoms with E-state index >= 15 is 0 Å². The molecule has 0 radical (unpaired) electrons. The average Bonchev–Trinajstić information content (AvgIpc) is 3.85. The van der Waals surface area contributed by atoms with Crippen molar-refractivity contribution in [1.29, 1.82) is 0 Å². The number of nitrogens with zero attached hydrogens (tertiary/aromatic N) is 5. The van der Waals surface area contributed by atoms with Crippen LogP contribution in [0.3, 0.4) is 0 Å². The zero-order valence-corrected chi connectivity index (χ0v) is 32.4. The summed E-state index contributed by atoms with van der Waals surface area (Å²) in [4.78, 5) is 21.8. The Bertz CT molecular complexity index is 2570. The SMILES string of the molecule is Cc1cc(C(F)(F)F)nn1CC(C=O)N1CCC(c2nc(CN(C)c3c([C@@H]4CCCc5c4ccc4c5ccc5ccccc54)ccc4ccccc34)cs2)CC1. The Balaban J connectivity index is 0.942. The number of anilines is 1. The van der Waals surface area contributed by atoms with Gasteiger partial charge in [0.05, 0.1) is 29.8 Å². The van der Waals surface area contributed by atoms with Crippen molar-refractivity contribution in [3.8, 4) is 0 Å². The van der Waals surface area contributed by atoms with Gasteiger partial charge in [-0.25, -0.2) is 4.98 Å². The Morgan fingerprint density at radius 1 is 0.875 bits per heavy atom. The molecule has 0 amide bonds. The van der Waals surface area contributed by atoms with Crippen molar-refractivity contribution in [1.82, 2.24) is 19.7 Å². The maximum absolute atomic E-state index is 13.2. The van der Waals surface area contributed by atoms with Crippen molar-refractivity contribution in [2.24, 2.45) is 0 Å². The molecule has 286 valence electrons. The first kappa shape index (κ1) is 36.6. The highest BCUT2D eigenvalue weighted by Gasteiger charge is 2.35. The van der Waals surface area contributed by atoms with Crippen molar-refractivity contribution in [2.75, 3.05) is 25.0 Å². The lowest BCUT2D eigenvalue weighted by molar-refractivity contribution is -0.141. The topological polar surface area (TPSA) is 54.3 Å². The molecule has 1 saturated heterocycles. The van der Waals surface area contributed by atoms with Gasteiger partial charge in [-0.2, -0.15) is 18.3 Å². The minimum Gasteiger partial charge on any atom is -0.368 e. The number of aldehydes is 1. The predicted octanol–water partition coefficient (Wildman–Crippen LogP) is 10.7. The molecule has 2 aliphatic rings. The van der Waals surface area contributed by atoms with Crippen LogP contribution in [-0.4, -0.2) is 52.1 Å². The number of aryl methyl sites for hydroxylation is 2. The molecule has 5 aromatic carbocycles. The number of alkyl halides is 3. The van der Waals surface area contributed by atoms with Gasteiger partial charge >= 0.3 is 6.18 Å². The monoisotopic (exact) mass is 771 g/mol. The summed E-state index contributed by atoms with van der Waals surface area (Å²) in [7, 11) is 2.19. The number of halogens is 3. The van der Waals surface area contributed by atoms with Gasteiger partial charge in [0.25, 0.3) is 0 Å². The summed E-state index contributed by atoms with van der Waals surface area (Å²) in [5.74, 6) is 0.552. The fourth-order valence-corrected chi connectivity index (χ4v) is 10.3. The van der Waals surface area contributed by atoms with Crippen LogP contribution in [0.2, 0.25) is 0 Å². The molecular weight excluding hydrogens is 728 g/mol. The molecule has 3 heterocycles. The van der Waals surface area contributed by atoms with Crippen LogP contribution in [0.4, 0.5) is 18.9 Å². The molecule has 56 heavy (non-hydrogen) atoms. The molecule has 1 aliphatic heterocycles. The molecule has 7 aromatic rings. The summed E-state index contributed by atoms with van der Waals surface area (Å²) in [6.45, 7) is 3.70. The third kappa shape index (κ3) is 6.77. The Labute approximate surface area is 328 Å². The molecule has 6 nitrogen and oxygen atoms in total. The molecule has 2 atom stereocenters. The molecular formula is C46H44F3N5OS. The summed E-state index contributed by atoms with van der Waals surface area (Å²) in [5.41, 5.74) is 6.04. The first-order valence-electron chi connectivity index (χ1n) is 19.6. The number of rotatable bonds is 9. The lowest BCUT2D eigenvalue weighted by Crippen LogP contribution is -2.44. The van der Waals surface area contributed by atoms with E-state index in [1.165, 1.54) is 59.4 Å². The van der Waals surface area contributed by atoms with E-state index in [-0.39, 0.29) is 18.4 Å². The second kappa shape index (κ2) is 14.8. The minimum atomic E-state index is -4.52. The zero-order valence-electron chi connectivity index (χ0n) is 31.6. The number of hydrogen-bond donors (Lipinski definition) is 0. The van der Waals surface area contributed by atoms with Crippen LogP contribution in [0.25, 0.3) is 32.3 Å². The van der Waals surface area contributed by atoms with Crippen molar-refractivity contribution in [3.63, 3.8) is 0 Å². The largest absolute Gasteiger partial charge is 0.435 e. The average molecular weight is 772 g/mol. The second-order valence-electron chi connectivity index (χ2n) is 15.6. The number of fused-ring (bicyclic) bond motifs is 6. The number of thiazole rings is 1. The lowest BCUT2D eigenvalue weighted by atomic mass is 9.76. The fourth-order valence-electron chi connectivity index (χ4n) is 9.35. The highest BCUT2D eigenvalue weighted by Crippen LogP contribution is 2.46. The molecule has 0 bridgehead atoms. The summed E-state index contributed by atoms with van der Waals surface area (Å²) in [6, 6.07) is 31.8. The number of benzene rings is 5.